The number of benzene rings is 2. The summed E-state index contributed by atoms with van der Waals surface area (Å²) in [4.78, 5) is 12.2. The number of para-hydroxylation sites is 1. The molecule has 0 N–H and O–H groups in total. The summed E-state index contributed by atoms with van der Waals surface area (Å²) in [6, 6.07) is 21.3. The van der Waals surface area contributed by atoms with Crippen LogP contribution >= 0.6 is 0 Å². The summed E-state index contributed by atoms with van der Waals surface area (Å²) >= 11 is 0. The summed E-state index contributed by atoms with van der Waals surface area (Å²) < 4.78 is 7.05. The van der Waals surface area contributed by atoms with Crippen LogP contribution in [0.25, 0.3) is 27.7 Å². The molecule has 3 nitrogen and oxygen atoms in total. The highest BCUT2D eigenvalue weighted by Gasteiger charge is 2.09. The van der Waals surface area contributed by atoms with Crippen molar-refractivity contribution >= 4 is 16.4 Å². The third-order valence-corrected chi connectivity index (χ3v) is 3.46. The highest BCUT2D eigenvalue weighted by Crippen LogP contribution is 2.23. The molecule has 0 saturated heterocycles. The smallest absolute Gasteiger partial charge is 0.409 e. The molecule has 2 heterocycles. The second kappa shape index (κ2) is 4.10. The molecule has 96 valence electrons. The molecule has 20 heavy (non-hydrogen) atoms. The van der Waals surface area contributed by atoms with Gasteiger partial charge in [-0.2, -0.15) is 0 Å². The van der Waals surface area contributed by atoms with Crippen LogP contribution in [0, 0.1) is 0 Å². The van der Waals surface area contributed by atoms with Crippen molar-refractivity contribution in [2.45, 2.75) is 0 Å². The molecule has 4 aromatic rings. The molecule has 4 rings (SSSR count). The maximum absolute atomic E-state index is 12.2. The topological polar surface area (TPSA) is 34.6 Å². The molecule has 2 aromatic carbocycles. The molecule has 0 aliphatic carbocycles. The lowest BCUT2D eigenvalue weighted by Gasteiger charge is -2.01. The van der Waals surface area contributed by atoms with Crippen LogP contribution in [0.5, 0.6) is 0 Å². The lowest BCUT2D eigenvalue weighted by Crippen LogP contribution is -2.10. The third kappa shape index (κ3) is 1.57. The van der Waals surface area contributed by atoms with Gasteiger partial charge in [-0.1, -0.05) is 48.5 Å². The number of rotatable bonds is 1. The Morgan fingerprint density at radius 3 is 2.45 bits per heavy atom. The molecule has 0 unspecified atom stereocenters. The molecule has 0 fully saturated rings. The van der Waals surface area contributed by atoms with Crippen molar-refractivity contribution in [1.82, 2.24) is 4.40 Å². The minimum Gasteiger partial charge on any atom is -0.409 e. The van der Waals surface area contributed by atoms with E-state index in [1.54, 1.807) is 4.40 Å². The van der Waals surface area contributed by atoms with Crippen LogP contribution in [-0.2, 0) is 0 Å². The van der Waals surface area contributed by atoms with Gasteiger partial charge in [0.2, 0.25) is 0 Å². The minimum absolute atomic E-state index is 0.359. The van der Waals surface area contributed by atoms with Crippen LogP contribution in [0.1, 0.15) is 0 Å². The van der Waals surface area contributed by atoms with Crippen LogP contribution in [-0.4, -0.2) is 4.40 Å². The summed E-state index contributed by atoms with van der Waals surface area (Å²) in [5, 5.41) is 1.03. The number of hydrogen-bond acceptors (Lipinski definition) is 2. The van der Waals surface area contributed by atoms with Crippen LogP contribution in [0.3, 0.4) is 0 Å². The molecule has 0 radical (unpaired) electrons. The fraction of sp³-hybridized carbons (Fsp3) is 0. The van der Waals surface area contributed by atoms with Crippen molar-refractivity contribution in [2.24, 2.45) is 0 Å². The number of hydrogen-bond donors (Lipinski definition) is 0. The van der Waals surface area contributed by atoms with Crippen LogP contribution in [0.15, 0.2) is 75.9 Å². The maximum Gasteiger partial charge on any atom is 0.424 e. The van der Waals surface area contributed by atoms with Gasteiger partial charge in [-0.25, -0.2) is 9.20 Å². The lowest BCUT2D eigenvalue weighted by molar-refractivity contribution is 0.493. The first kappa shape index (κ1) is 11.1. The molecule has 2 aromatic heterocycles. The van der Waals surface area contributed by atoms with E-state index in [0.29, 0.717) is 5.76 Å². The van der Waals surface area contributed by atoms with Gasteiger partial charge in [-0.05, 0) is 12.1 Å². The van der Waals surface area contributed by atoms with E-state index in [2.05, 4.69) is 0 Å². The molecule has 0 atom stereocenters. The van der Waals surface area contributed by atoms with Gasteiger partial charge >= 0.3 is 5.76 Å². The lowest BCUT2D eigenvalue weighted by atomic mass is 10.1. The molecule has 3 heteroatoms. The fourth-order valence-electron chi connectivity index (χ4n) is 2.53. The fourth-order valence-corrected chi connectivity index (χ4v) is 2.53. The zero-order valence-electron chi connectivity index (χ0n) is 10.6. The molecule has 0 bridgehead atoms. The summed E-state index contributed by atoms with van der Waals surface area (Å²) in [5.74, 6) is 0.230. The van der Waals surface area contributed by atoms with Gasteiger partial charge in [0.1, 0.15) is 5.76 Å². The zero-order chi connectivity index (χ0) is 13.5. The van der Waals surface area contributed by atoms with E-state index in [9.17, 15) is 4.79 Å². The van der Waals surface area contributed by atoms with Crippen molar-refractivity contribution in [1.29, 1.82) is 0 Å². The Morgan fingerprint density at radius 2 is 1.60 bits per heavy atom. The van der Waals surface area contributed by atoms with E-state index in [0.717, 1.165) is 22.0 Å². The van der Waals surface area contributed by atoms with Gasteiger partial charge in [-0.3, -0.25) is 0 Å². The molecule has 0 aliphatic rings. The van der Waals surface area contributed by atoms with Crippen LogP contribution in [0.2, 0.25) is 0 Å². The summed E-state index contributed by atoms with van der Waals surface area (Å²) in [7, 11) is 0. The number of fused-ring (bicyclic) bond motifs is 3. The van der Waals surface area contributed by atoms with E-state index in [4.69, 9.17) is 4.42 Å². The molecule has 0 aliphatic heterocycles. The Hall–Kier alpha value is -2.81. The molecular weight excluding hydrogens is 250 g/mol. The van der Waals surface area contributed by atoms with E-state index in [1.807, 2.05) is 66.7 Å². The minimum atomic E-state index is -0.359. The molecule has 0 saturated carbocycles. The quantitative estimate of drug-likeness (QED) is 0.523. The van der Waals surface area contributed by atoms with Crippen molar-refractivity contribution in [3.63, 3.8) is 0 Å². The highest BCUT2D eigenvalue weighted by atomic mass is 16.4. The van der Waals surface area contributed by atoms with Gasteiger partial charge in [0.25, 0.3) is 0 Å². The third-order valence-electron chi connectivity index (χ3n) is 3.46. The second-order valence-corrected chi connectivity index (χ2v) is 4.71. The van der Waals surface area contributed by atoms with Gasteiger partial charge in [-0.15, -0.1) is 0 Å². The highest BCUT2D eigenvalue weighted by molar-refractivity contribution is 5.87. The van der Waals surface area contributed by atoms with E-state index < -0.39 is 0 Å². The standard InChI is InChI=1S/C17H11NO2/c19-17-18-14(10-13-8-4-5-9-15(13)18)11-16(20-17)12-6-2-1-3-7-12/h1-11H. The first-order chi connectivity index (χ1) is 9.83. The van der Waals surface area contributed by atoms with E-state index in [1.165, 1.54) is 0 Å². The van der Waals surface area contributed by atoms with Crippen molar-refractivity contribution in [3.05, 3.63) is 77.3 Å². The van der Waals surface area contributed by atoms with Gasteiger partial charge in [0.05, 0.1) is 11.0 Å². The Labute approximate surface area is 114 Å². The first-order valence-electron chi connectivity index (χ1n) is 6.43. The number of nitrogens with zero attached hydrogens (tertiary/aromatic N) is 1. The van der Waals surface area contributed by atoms with E-state index >= 15 is 0 Å². The summed E-state index contributed by atoms with van der Waals surface area (Å²) in [6.45, 7) is 0. The first-order valence-corrected chi connectivity index (χ1v) is 6.43. The maximum atomic E-state index is 12.2. The van der Waals surface area contributed by atoms with Crippen LogP contribution in [0.4, 0.5) is 0 Å². The Morgan fingerprint density at radius 1 is 0.850 bits per heavy atom. The summed E-state index contributed by atoms with van der Waals surface area (Å²) in [5.41, 5.74) is 2.62. The molecule has 0 spiro atoms. The van der Waals surface area contributed by atoms with Gasteiger partial charge in [0.15, 0.2) is 0 Å². The second-order valence-electron chi connectivity index (χ2n) is 4.71. The van der Waals surface area contributed by atoms with Crippen molar-refractivity contribution in [3.8, 4) is 11.3 Å². The summed E-state index contributed by atoms with van der Waals surface area (Å²) in [6.07, 6.45) is 0. The van der Waals surface area contributed by atoms with Gasteiger partial charge in [0, 0.05) is 17.0 Å². The van der Waals surface area contributed by atoms with Crippen molar-refractivity contribution < 1.29 is 4.42 Å². The predicted molar refractivity (Wildman–Crippen MR) is 78.9 cm³/mol. The normalized spacial score (nSPS) is 11.2. The monoisotopic (exact) mass is 261 g/mol. The molecular formula is C17H11NO2. The van der Waals surface area contributed by atoms with E-state index in [-0.39, 0.29) is 5.76 Å². The Balaban J connectivity index is 2.09. The van der Waals surface area contributed by atoms with Crippen LogP contribution < -0.4 is 5.76 Å². The molecule has 0 amide bonds. The zero-order valence-corrected chi connectivity index (χ0v) is 10.6. The Kier molecular flexibility index (Phi) is 2.27. The van der Waals surface area contributed by atoms with Crippen molar-refractivity contribution in [2.75, 3.05) is 0 Å². The average molecular weight is 261 g/mol. The largest absolute Gasteiger partial charge is 0.424 e. The van der Waals surface area contributed by atoms with Gasteiger partial charge < -0.3 is 4.42 Å². The number of aromatic nitrogens is 1. The SMILES string of the molecule is O=c1oc(-c2ccccc2)cc2cc3ccccc3n12. The Bertz CT molecular complexity index is 965. The average Bonchev–Trinajstić information content (AvgIpc) is 2.87. The predicted octanol–water partition coefficient (Wildman–Crippen LogP) is 3.71.